The molecule has 152 valence electrons. The quantitative estimate of drug-likeness (QED) is 0.321. The Kier molecular flexibility index (Phi) is 9.11. The van der Waals surface area contributed by atoms with Crippen molar-refractivity contribution in [2.45, 2.75) is 32.4 Å². The first kappa shape index (κ1) is 23.0. The van der Waals surface area contributed by atoms with Gasteiger partial charge in [0.2, 0.25) is 0 Å². The molecule has 1 aliphatic heterocycles. The highest BCUT2D eigenvalue weighted by Crippen LogP contribution is 2.26. The molecule has 1 unspecified atom stereocenters. The van der Waals surface area contributed by atoms with Crippen LogP contribution in [0.25, 0.3) is 0 Å². The summed E-state index contributed by atoms with van der Waals surface area (Å²) in [4.78, 5) is 11.1. The molecular formula is C20H26Cl2IN5. The Hall–Kier alpha value is -1.25. The standard InChI is InChI=1S/C20H25Cl2N5.HI/c1-14(17-6-5-16(21)12-18(17)22)26-20(23-2)25-13-15-7-8-24-19(11-15)27-9-3-4-10-27;/h5-8,11-12,14H,3-4,9-10,13H2,1-2H3,(H2,23,25,26);1H. The van der Waals surface area contributed by atoms with Crippen molar-refractivity contribution in [3.8, 4) is 0 Å². The molecule has 0 amide bonds. The van der Waals surface area contributed by atoms with Gasteiger partial charge < -0.3 is 15.5 Å². The summed E-state index contributed by atoms with van der Waals surface area (Å²) in [6, 6.07) is 9.70. The van der Waals surface area contributed by atoms with Gasteiger partial charge >= 0.3 is 0 Å². The molecule has 0 spiro atoms. The number of anilines is 1. The third-order valence-corrected chi connectivity index (χ3v) is 5.27. The van der Waals surface area contributed by atoms with Crippen LogP contribution >= 0.6 is 47.2 Å². The first-order valence-electron chi connectivity index (χ1n) is 9.19. The van der Waals surface area contributed by atoms with Crippen molar-refractivity contribution in [1.29, 1.82) is 0 Å². The molecule has 1 aromatic carbocycles. The number of benzene rings is 1. The molecule has 0 aliphatic carbocycles. The van der Waals surface area contributed by atoms with Crippen LogP contribution in [0.1, 0.15) is 36.9 Å². The van der Waals surface area contributed by atoms with E-state index < -0.39 is 0 Å². The minimum absolute atomic E-state index is 0. The minimum Gasteiger partial charge on any atom is -0.357 e. The lowest BCUT2D eigenvalue weighted by Gasteiger charge is -2.20. The van der Waals surface area contributed by atoms with Gasteiger partial charge in [0, 0.05) is 42.9 Å². The lowest BCUT2D eigenvalue weighted by molar-refractivity contribution is 0.685. The van der Waals surface area contributed by atoms with E-state index in [9.17, 15) is 0 Å². The van der Waals surface area contributed by atoms with Crippen LogP contribution in [0, 0.1) is 0 Å². The Balaban J connectivity index is 0.00000280. The molecule has 2 aromatic rings. The van der Waals surface area contributed by atoms with Gasteiger partial charge in [0.25, 0.3) is 0 Å². The van der Waals surface area contributed by atoms with Crippen LogP contribution in [-0.2, 0) is 6.54 Å². The summed E-state index contributed by atoms with van der Waals surface area (Å²) in [5, 5.41) is 8.00. The highest BCUT2D eigenvalue weighted by atomic mass is 127. The third kappa shape index (κ3) is 6.12. The van der Waals surface area contributed by atoms with Gasteiger partial charge in [-0.15, -0.1) is 24.0 Å². The number of nitrogens with zero attached hydrogens (tertiary/aromatic N) is 3. The molecule has 0 bridgehead atoms. The van der Waals surface area contributed by atoms with Gasteiger partial charge in [-0.05, 0) is 55.2 Å². The largest absolute Gasteiger partial charge is 0.357 e. The number of guanidine groups is 1. The van der Waals surface area contributed by atoms with E-state index >= 15 is 0 Å². The highest BCUT2D eigenvalue weighted by molar-refractivity contribution is 14.0. The Bertz CT molecular complexity index is 809. The summed E-state index contributed by atoms with van der Waals surface area (Å²) >= 11 is 12.3. The normalized spacial score (nSPS) is 15.1. The molecule has 2 heterocycles. The second-order valence-electron chi connectivity index (χ2n) is 6.67. The van der Waals surface area contributed by atoms with Crippen molar-refractivity contribution in [1.82, 2.24) is 15.6 Å². The molecule has 8 heteroatoms. The number of pyridine rings is 1. The zero-order chi connectivity index (χ0) is 19.2. The van der Waals surface area contributed by atoms with Crippen LogP contribution in [0.2, 0.25) is 10.0 Å². The maximum absolute atomic E-state index is 6.31. The Morgan fingerprint density at radius 2 is 1.96 bits per heavy atom. The SMILES string of the molecule is CN=C(NCc1ccnc(N2CCCC2)c1)NC(C)c1ccc(Cl)cc1Cl.I. The van der Waals surface area contributed by atoms with E-state index in [0.29, 0.717) is 22.5 Å². The van der Waals surface area contributed by atoms with Crippen molar-refractivity contribution in [3.05, 3.63) is 57.7 Å². The number of rotatable bonds is 5. The van der Waals surface area contributed by atoms with Crippen molar-refractivity contribution in [3.63, 3.8) is 0 Å². The fourth-order valence-corrected chi connectivity index (χ4v) is 3.78. The van der Waals surface area contributed by atoms with Gasteiger partial charge in [-0.1, -0.05) is 29.3 Å². The van der Waals surface area contributed by atoms with E-state index in [0.717, 1.165) is 24.5 Å². The summed E-state index contributed by atoms with van der Waals surface area (Å²) < 4.78 is 0. The zero-order valence-electron chi connectivity index (χ0n) is 16.1. The second kappa shape index (κ2) is 11.1. The molecule has 2 N–H and O–H groups in total. The molecule has 1 aromatic heterocycles. The maximum Gasteiger partial charge on any atom is 0.191 e. The smallest absolute Gasteiger partial charge is 0.191 e. The Morgan fingerprint density at radius 1 is 1.21 bits per heavy atom. The molecule has 1 saturated heterocycles. The summed E-state index contributed by atoms with van der Waals surface area (Å²) in [7, 11) is 1.76. The van der Waals surface area contributed by atoms with Crippen LogP contribution in [-0.4, -0.2) is 31.1 Å². The molecule has 0 radical (unpaired) electrons. The van der Waals surface area contributed by atoms with Gasteiger partial charge in [-0.2, -0.15) is 0 Å². The Labute approximate surface area is 193 Å². The van der Waals surface area contributed by atoms with Crippen molar-refractivity contribution in [2.75, 3.05) is 25.0 Å². The van der Waals surface area contributed by atoms with Crippen LogP contribution in [0.5, 0.6) is 0 Å². The molecule has 1 atom stereocenters. The molecule has 3 rings (SSSR count). The number of aliphatic imine (C=N–C) groups is 1. The predicted octanol–water partition coefficient (Wildman–Crippen LogP) is 5.03. The van der Waals surface area contributed by atoms with Crippen LogP contribution < -0.4 is 15.5 Å². The van der Waals surface area contributed by atoms with E-state index in [1.807, 2.05) is 31.3 Å². The molecule has 0 saturated carbocycles. The van der Waals surface area contributed by atoms with E-state index in [1.165, 1.54) is 18.4 Å². The molecule has 28 heavy (non-hydrogen) atoms. The molecule has 1 aliphatic rings. The lowest BCUT2D eigenvalue weighted by atomic mass is 10.1. The highest BCUT2D eigenvalue weighted by Gasteiger charge is 2.14. The van der Waals surface area contributed by atoms with Gasteiger partial charge in [0.1, 0.15) is 5.82 Å². The van der Waals surface area contributed by atoms with E-state index in [1.54, 1.807) is 13.1 Å². The molecule has 5 nitrogen and oxygen atoms in total. The first-order valence-corrected chi connectivity index (χ1v) is 9.94. The van der Waals surface area contributed by atoms with Gasteiger partial charge in [-0.25, -0.2) is 4.98 Å². The van der Waals surface area contributed by atoms with E-state index in [2.05, 4.69) is 31.6 Å². The van der Waals surface area contributed by atoms with Gasteiger partial charge in [-0.3, -0.25) is 4.99 Å². The average molecular weight is 534 g/mol. The summed E-state index contributed by atoms with van der Waals surface area (Å²) in [6.45, 7) is 4.89. The van der Waals surface area contributed by atoms with Crippen LogP contribution in [0.3, 0.4) is 0 Å². The monoisotopic (exact) mass is 533 g/mol. The van der Waals surface area contributed by atoms with Crippen molar-refractivity contribution in [2.24, 2.45) is 4.99 Å². The summed E-state index contributed by atoms with van der Waals surface area (Å²) in [5.74, 6) is 1.77. The average Bonchev–Trinajstić information content (AvgIpc) is 3.20. The van der Waals surface area contributed by atoms with Crippen LogP contribution in [0.4, 0.5) is 5.82 Å². The maximum atomic E-state index is 6.31. The topological polar surface area (TPSA) is 52.6 Å². The number of halogens is 3. The van der Waals surface area contributed by atoms with E-state index in [4.69, 9.17) is 23.2 Å². The van der Waals surface area contributed by atoms with Crippen molar-refractivity contribution < 1.29 is 0 Å². The van der Waals surface area contributed by atoms with Crippen molar-refractivity contribution >= 4 is 59.0 Å². The number of aromatic nitrogens is 1. The fourth-order valence-electron chi connectivity index (χ4n) is 3.21. The predicted molar refractivity (Wildman–Crippen MR) is 129 cm³/mol. The number of hydrogen-bond acceptors (Lipinski definition) is 3. The number of hydrogen-bond donors (Lipinski definition) is 2. The zero-order valence-corrected chi connectivity index (χ0v) is 19.9. The Morgan fingerprint density at radius 3 is 2.64 bits per heavy atom. The number of nitrogens with one attached hydrogen (secondary N) is 2. The van der Waals surface area contributed by atoms with Crippen LogP contribution in [0.15, 0.2) is 41.5 Å². The lowest BCUT2D eigenvalue weighted by Crippen LogP contribution is -2.38. The molecular weight excluding hydrogens is 508 g/mol. The van der Waals surface area contributed by atoms with Gasteiger partial charge in [0.05, 0.1) is 6.04 Å². The minimum atomic E-state index is -0.00133. The second-order valence-corrected chi connectivity index (χ2v) is 7.52. The summed E-state index contributed by atoms with van der Waals surface area (Å²) in [6.07, 6.45) is 4.36. The third-order valence-electron chi connectivity index (χ3n) is 4.71. The van der Waals surface area contributed by atoms with Gasteiger partial charge in [0.15, 0.2) is 5.96 Å². The molecule has 1 fully saturated rings. The van der Waals surface area contributed by atoms with E-state index in [-0.39, 0.29) is 30.0 Å². The first-order chi connectivity index (χ1) is 13.1. The fraction of sp³-hybridized carbons (Fsp3) is 0.400. The summed E-state index contributed by atoms with van der Waals surface area (Å²) in [5.41, 5.74) is 2.15.